The van der Waals surface area contributed by atoms with Crippen molar-refractivity contribution in [1.82, 2.24) is 0 Å². The van der Waals surface area contributed by atoms with Crippen LogP contribution < -0.4 is 9.47 Å². The molecule has 0 aliphatic carbocycles. The number of fused-ring (bicyclic) bond motifs is 1. The van der Waals surface area contributed by atoms with E-state index in [9.17, 15) is 0 Å². The van der Waals surface area contributed by atoms with Gasteiger partial charge in [-0.15, -0.1) is 0 Å². The van der Waals surface area contributed by atoms with E-state index < -0.39 is 0 Å². The maximum absolute atomic E-state index is 8.86. The Hall–Kier alpha value is -3.04. The highest BCUT2D eigenvalue weighted by Gasteiger charge is 2.13. The molecule has 1 aliphatic heterocycles. The molecule has 214 valence electrons. The summed E-state index contributed by atoms with van der Waals surface area (Å²) in [5.41, 5.74) is 1.96. The molecule has 1 saturated heterocycles. The fraction of sp³-hybridized carbons (Fsp3) is 0.486. The normalized spacial score (nSPS) is 15.0. The van der Waals surface area contributed by atoms with Crippen LogP contribution in [-0.4, -0.2) is 44.4 Å². The second-order valence-electron chi connectivity index (χ2n) is 10.4. The van der Waals surface area contributed by atoms with Crippen LogP contribution >= 0.6 is 0 Å². The molecule has 1 fully saturated rings. The Morgan fingerprint density at radius 1 is 0.650 bits per heavy atom. The largest absolute Gasteiger partial charge is 0.494 e. The van der Waals surface area contributed by atoms with Crippen LogP contribution in [0.15, 0.2) is 60.7 Å². The van der Waals surface area contributed by atoms with E-state index in [1.54, 1.807) is 0 Å². The van der Waals surface area contributed by atoms with Gasteiger partial charge in [0.1, 0.15) is 11.5 Å². The van der Waals surface area contributed by atoms with Crippen LogP contribution in [0, 0.1) is 11.8 Å². The van der Waals surface area contributed by atoms with Gasteiger partial charge in [-0.1, -0.05) is 36.8 Å². The van der Waals surface area contributed by atoms with Crippen LogP contribution in [0.3, 0.4) is 0 Å². The standard InChI is InChI=1S/C35H44O5/c36-22-6-1-2-7-24-38-34-21-18-31-27-30(14-17-32(31)28-34)13-12-29-15-19-33(20-16-29)37-23-8-3-4-9-25-39-35-11-5-10-26-40-35/h14-21,27-28,35-36H,1-11,22-26H2. The minimum absolute atomic E-state index is 0.0237. The zero-order valence-electron chi connectivity index (χ0n) is 23.7. The van der Waals surface area contributed by atoms with Gasteiger partial charge in [-0.25, -0.2) is 0 Å². The van der Waals surface area contributed by atoms with E-state index in [0.29, 0.717) is 6.61 Å². The van der Waals surface area contributed by atoms with Crippen molar-refractivity contribution in [3.63, 3.8) is 0 Å². The van der Waals surface area contributed by atoms with Gasteiger partial charge < -0.3 is 24.1 Å². The highest BCUT2D eigenvalue weighted by atomic mass is 16.7. The first-order chi connectivity index (χ1) is 19.8. The van der Waals surface area contributed by atoms with Gasteiger partial charge in [0, 0.05) is 30.9 Å². The van der Waals surface area contributed by atoms with Crippen molar-refractivity contribution in [2.75, 3.05) is 33.0 Å². The Morgan fingerprint density at radius 2 is 1.27 bits per heavy atom. The lowest BCUT2D eigenvalue weighted by Gasteiger charge is -2.22. The summed E-state index contributed by atoms with van der Waals surface area (Å²) in [6.45, 7) is 3.33. The molecule has 1 atom stereocenters. The molecule has 1 unspecified atom stereocenters. The van der Waals surface area contributed by atoms with E-state index in [1.165, 1.54) is 6.42 Å². The third-order valence-electron chi connectivity index (χ3n) is 7.09. The van der Waals surface area contributed by atoms with E-state index in [4.69, 9.17) is 24.1 Å². The summed E-state index contributed by atoms with van der Waals surface area (Å²) in [7, 11) is 0. The van der Waals surface area contributed by atoms with Gasteiger partial charge in [-0.2, -0.15) is 0 Å². The Bertz CT molecular complexity index is 1190. The molecule has 1 aliphatic rings. The lowest BCUT2D eigenvalue weighted by atomic mass is 10.1. The maximum Gasteiger partial charge on any atom is 0.157 e. The predicted molar refractivity (Wildman–Crippen MR) is 161 cm³/mol. The Labute approximate surface area is 239 Å². The molecular formula is C35H44O5. The first-order valence-electron chi connectivity index (χ1n) is 15.1. The smallest absolute Gasteiger partial charge is 0.157 e. The number of ether oxygens (including phenoxy) is 4. The fourth-order valence-electron chi connectivity index (χ4n) is 4.73. The van der Waals surface area contributed by atoms with Crippen LogP contribution in [0.5, 0.6) is 11.5 Å². The number of aliphatic hydroxyl groups excluding tert-OH is 1. The second kappa shape index (κ2) is 17.6. The predicted octanol–water partition coefficient (Wildman–Crippen LogP) is 7.65. The topological polar surface area (TPSA) is 57.2 Å². The quantitative estimate of drug-likeness (QED) is 0.148. The molecule has 0 amide bonds. The van der Waals surface area contributed by atoms with E-state index in [0.717, 1.165) is 117 Å². The third kappa shape index (κ3) is 10.8. The summed E-state index contributed by atoms with van der Waals surface area (Å²) in [6, 6.07) is 20.5. The molecule has 5 heteroatoms. The average molecular weight is 545 g/mol. The van der Waals surface area contributed by atoms with Crippen LogP contribution in [0.2, 0.25) is 0 Å². The molecule has 4 rings (SSSR count). The molecule has 0 spiro atoms. The summed E-state index contributed by atoms with van der Waals surface area (Å²) in [4.78, 5) is 0. The molecular weight excluding hydrogens is 500 g/mol. The second-order valence-corrected chi connectivity index (χ2v) is 10.4. The van der Waals surface area contributed by atoms with E-state index in [2.05, 4.69) is 42.2 Å². The zero-order chi connectivity index (χ0) is 27.7. The molecule has 3 aromatic rings. The number of aliphatic hydroxyl groups is 1. The Kier molecular flexibility index (Phi) is 13.2. The summed E-state index contributed by atoms with van der Waals surface area (Å²) < 4.78 is 23.2. The van der Waals surface area contributed by atoms with Crippen LogP contribution in [-0.2, 0) is 9.47 Å². The van der Waals surface area contributed by atoms with Crippen LogP contribution in [0.4, 0.5) is 0 Å². The number of hydrogen-bond donors (Lipinski definition) is 1. The Morgan fingerprint density at radius 3 is 2.02 bits per heavy atom. The number of rotatable bonds is 16. The first-order valence-corrected chi connectivity index (χ1v) is 15.1. The van der Waals surface area contributed by atoms with Crippen molar-refractivity contribution < 1.29 is 24.1 Å². The SMILES string of the molecule is OCCCCCCOc1ccc2cc(C#Cc3ccc(OCCCCCCOC4CCCCO4)cc3)ccc2c1. The fourth-order valence-corrected chi connectivity index (χ4v) is 4.73. The van der Waals surface area contributed by atoms with Gasteiger partial charge >= 0.3 is 0 Å². The molecule has 40 heavy (non-hydrogen) atoms. The van der Waals surface area contributed by atoms with Crippen LogP contribution in [0.25, 0.3) is 10.8 Å². The molecule has 0 radical (unpaired) electrons. The van der Waals surface area contributed by atoms with E-state index in [-0.39, 0.29) is 12.9 Å². The zero-order valence-corrected chi connectivity index (χ0v) is 23.7. The highest BCUT2D eigenvalue weighted by molar-refractivity contribution is 5.85. The van der Waals surface area contributed by atoms with Crippen molar-refractivity contribution in [2.45, 2.75) is 76.9 Å². The summed E-state index contributed by atoms with van der Waals surface area (Å²) in [5, 5.41) is 11.2. The van der Waals surface area contributed by atoms with Gasteiger partial charge in [0.25, 0.3) is 0 Å². The molecule has 0 saturated carbocycles. The van der Waals surface area contributed by atoms with Crippen molar-refractivity contribution in [1.29, 1.82) is 0 Å². The molecule has 1 heterocycles. The first kappa shape index (κ1) is 29.9. The van der Waals surface area contributed by atoms with Crippen molar-refractivity contribution >= 4 is 10.8 Å². The summed E-state index contributed by atoms with van der Waals surface area (Å²) >= 11 is 0. The van der Waals surface area contributed by atoms with Gasteiger partial charge in [-0.05, 0) is 117 Å². The average Bonchev–Trinajstić information content (AvgIpc) is 3.00. The highest BCUT2D eigenvalue weighted by Crippen LogP contribution is 2.22. The van der Waals surface area contributed by atoms with Crippen molar-refractivity contribution in [3.8, 4) is 23.3 Å². The van der Waals surface area contributed by atoms with Crippen molar-refractivity contribution in [2.24, 2.45) is 0 Å². The number of unbranched alkanes of at least 4 members (excludes halogenated alkanes) is 6. The summed E-state index contributed by atoms with van der Waals surface area (Å²) in [5.74, 6) is 8.33. The molecule has 1 N–H and O–H groups in total. The number of hydrogen-bond acceptors (Lipinski definition) is 5. The molecule has 3 aromatic carbocycles. The molecule has 0 bridgehead atoms. The lowest BCUT2D eigenvalue weighted by Crippen LogP contribution is -2.22. The van der Waals surface area contributed by atoms with Gasteiger partial charge in [0.2, 0.25) is 0 Å². The van der Waals surface area contributed by atoms with E-state index in [1.807, 2.05) is 30.3 Å². The summed E-state index contributed by atoms with van der Waals surface area (Å²) in [6.07, 6.45) is 11.9. The molecule has 5 nitrogen and oxygen atoms in total. The van der Waals surface area contributed by atoms with Gasteiger partial charge in [0.05, 0.1) is 13.2 Å². The lowest BCUT2D eigenvalue weighted by molar-refractivity contribution is -0.162. The monoisotopic (exact) mass is 544 g/mol. The minimum atomic E-state index is 0.0237. The maximum atomic E-state index is 8.86. The van der Waals surface area contributed by atoms with Gasteiger partial charge in [0.15, 0.2) is 6.29 Å². The number of benzene rings is 3. The Balaban J connectivity index is 1.13. The van der Waals surface area contributed by atoms with Crippen molar-refractivity contribution in [3.05, 3.63) is 71.8 Å². The molecule has 0 aromatic heterocycles. The third-order valence-corrected chi connectivity index (χ3v) is 7.09. The van der Waals surface area contributed by atoms with Crippen LogP contribution in [0.1, 0.15) is 81.8 Å². The van der Waals surface area contributed by atoms with E-state index >= 15 is 0 Å². The van der Waals surface area contributed by atoms with Gasteiger partial charge in [-0.3, -0.25) is 0 Å². The minimum Gasteiger partial charge on any atom is -0.494 e.